The molecule has 3 aliphatic rings. The van der Waals surface area contributed by atoms with E-state index in [1.807, 2.05) is 0 Å². The summed E-state index contributed by atoms with van der Waals surface area (Å²) in [5.41, 5.74) is 3.25. The van der Waals surface area contributed by atoms with Crippen molar-refractivity contribution in [2.75, 3.05) is 7.11 Å². The first-order chi connectivity index (χ1) is 10.1. The molecule has 21 heavy (non-hydrogen) atoms. The van der Waals surface area contributed by atoms with Crippen molar-refractivity contribution in [3.63, 3.8) is 0 Å². The van der Waals surface area contributed by atoms with Gasteiger partial charge in [0.15, 0.2) is 0 Å². The summed E-state index contributed by atoms with van der Waals surface area (Å²) in [5.74, 6) is 3.20. The van der Waals surface area contributed by atoms with E-state index in [2.05, 4.69) is 25.1 Å². The van der Waals surface area contributed by atoms with E-state index in [1.165, 1.54) is 37.7 Å². The lowest BCUT2D eigenvalue weighted by Crippen LogP contribution is -2.43. The lowest BCUT2D eigenvalue weighted by molar-refractivity contribution is -0.0226. The predicted octanol–water partition coefficient (Wildman–Crippen LogP) is 3.91. The number of methoxy groups -OCH3 is 1. The van der Waals surface area contributed by atoms with Gasteiger partial charge in [-0.2, -0.15) is 0 Å². The molecule has 4 rings (SSSR count). The van der Waals surface area contributed by atoms with E-state index in [0.29, 0.717) is 5.92 Å². The summed E-state index contributed by atoms with van der Waals surface area (Å²) >= 11 is 0. The topological polar surface area (TPSA) is 29.5 Å². The highest BCUT2D eigenvalue weighted by Gasteiger charge is 2.54. The van der Waals surface area contributed by atoms with Gasteiger partial charge in [0.1, 0.15) is 5.75 Å². The number of benzene rings is 1. The standard InChI is InChI=1S/C19H26O2/c1-19-10-9-15-14-6-4-13(21-2)11-12(14)3-5-16(15)17(19)7-8-18(19)20/h4,6,11,15-18,20H,3,5,7-10H2,1-2H3/t15-,16-,17-,18+,19+/m0/s1. The predicted molar refractivity (Wildman–Crippen MR) is 83.6 cm³/mol. The van der Waals surface area contributed by atoms with Crippen LogP contribution >= 0.6 is 0 Å². The minimum absolute atomic E-state index is 0.0688. The van der Waals surface area contributed by atoms with Gasteiger partial charge in [-0.25, -0.2) is 0 Å². The minimum Gasteiger partial charge on any atom is -0.497 e. The van der Waals surface area contributed by atoms with Crippen LogP contribution in [-0.2, 0) is 6.42 Å². The largest absolute Gasteiger partial charge is 0.497 e. The summed E-state index contributed by atoms with van der Waals surface area (Å²) in [7, 11) is 1.75. The lowest BCUT2D eigenvalue weighted by atomic mass is 9.55. The molecule has 5 atom stereocenters. The Hall–Kier alpha value is -1.02. The molecule has 0 radical (unpaired) electrons. The van der Waals surface area contributed by atoms with Crippen LogP contribution in [0, 0.1) is 17.3 Å². The van der Waals surface area contributed by atoms with Crippen molar-refractivity contribution < 1.29 is 9.84 Å². The highest BCUT2D eigenvalue weighted by molar-refractivity contribution is 5.40. The summed E-state index contributed by atoms with van der Waals surface area (Å²) in [6, 6.07) is 6.67. The van der Waals surface area contributed by atoms with Crippen molar-refractivity contribution in [2.24, 2.45) is 17.3 Å². The average molecular weight is 286 g/mol. The summed E-state index contributed by atoms with van der Waals surface area (Å²) in [6.07, 6.45) is 7.07. The van der Waals surface area contributed by atoms with Crippen LogP contribution in [0.1, 0.15) is 56.1 Å². The number of aryl methyl sites for hydroxylation is 1. The second-order valence-corrected chi connectivity index (χ2v) is 7.62. The molecule has 0 spiro atoms. The molecule has 2 heteroatoms. The summed E-state index contributed by atoms with van der Waals surface area (Å²) in [4.78, 5) is 0. The molecular formula is C19H26O2. The van der Waals surface area contributed by atoms with Gasteiger partial charge in [0, 0.05) is 0 Å². The van der Waals surface area contributed by atoms with Crippen LogP contribution in [0.15, 0.2) is 18.2 Å². The van der Waals surface area contributed by atoms with Crippen LogP contribution in [0.25, 0.3) is 0 Å². The molecule has 2 saturated carbocycles. The van der Waals surface area contributed by atoms with Gasteiger partial charge in [-0.3, -0.25) is 0 Å². The number of fused-ring (bicyclic) bond motifs is 5. The van der Waals surface area contributed by atoms with Gasteiger partial charge in [0.25, 0.3) is 0 Å². The van der Waals surface area contributed by atoms with Gasteiger partial charge in [0.05, 0.1) is 13.2 Å². The molecule has 114 valence electrons. The molecule has 3 aliphatic carbocycles. The Kier molecular flexibility index (Phi) is 3.08. The van der Waals surface area contributed by atoms with Crippen LogP contribution in [0.4, 0.5) is 0 Å². The van der Waals surface area contributed by atoms with Crippen LogP contribution < -0.4 is 4.74 Å². The highest BCUT2D eigenvalue weighted by atomic mass is 16.5. The van der Waals surface area contributed by atoms with Gasteiger partial charge in [-0.05, 0) is 85.0 Å². The third kappa shape index (κ3) is 1.88. The number of hydrogen-bond acceptors (Lipinski definition) is 2. The minimum atomic E-state index is -0.0688. The number of aliphatic hydroxyl groups is 1. The third-order valence-corrected chi connectivity index (χ3v) is 6.88. The van der Waals surface area contributed by atoms with Gasteiger partial charge >= 0.3 is 0 Å². The smallest absolute Gasteiger partial charge is 0.119 e. The Balaban J connectivity index is 1.68. The molecule has 0 bridgehead atoms. The van der Waals surface area contributed by atoms with E-state index in [-0.39, 0.29) is 11.5 Å². The summed E-state index contributed by atoms with van der Waals surface area (Å²) < 4.78 is 5.38. The van der Waals surface area contributed by atoms with E-state index in [9.17, 15) is 5.11 Å². The van der Waals surface area contributed by atoms with E-state index in [1.54, 1.807) is 12.7 Å². The van der Waals surface area contributed by atoms with Crippen molar-refractivity contribution in [2.45, 2.75) is 57.5 Å². The zero-order valence-electron chi connectivity index (χ0n) is 13.1. The maximum atomic E-state index is 10.4. The van der Waals surface area contributed by atoms with Crippen molar-refractivity contribution in [1.29, 1.82) is 0 Å². The van der Waals surface area contributed by atoms with E-state index in [0.717, 1.165) is 24.0 Å². The van der Waals surface area contributed by atoms with E-state index in [4.69, 9.17) is 4.74 Å². The maximum absolute atomic E-state index is 10.4. The SMILES string of the molecule is COc1ccc2c(c1)CC[C@H]1[C@H]2CC[C@@]2(C)[C@H](O)CC[C@@H]12. The number of hydrogen-bond donors (Lipinski definition) is 1. The molecule has 0 saturated heterocycles. The first-order valence-electron chi connectivity index (χ1n) is 8.48. The molecule has 2 fully saturated rings. The molecule has 0 unspecified atom stereocenters. The molecule has 2 nitrogen and oxygen atoms in total. The fourth-order valence-corrected chi connectivity index (χ4v) is 5.66. The Morgan fingerprint density at radius 3 is 2.86 bits per heavy atom. The zero-order valence-corrected chi connectivity index (χ0v) is 13.1. The van der Waals surface area contributed by atoms with Crippen molar-refractivity contribution in [3.8, 4) is 5.75 Å². The Morgan fingerprint density at radius 2 is 2.05 bits per heavy atom. The van der Waals surface area contributed by atoms with Crippen molar-refractivity contribution >= 4 is 0 Å². The fraction of sp³-hybridized carbons (Fsp3) is 0.684. The van der Waals surface area contributed by atoms with E-state index < -0.39 is 0 Å². The normalized spacial score (nSPS) is 41.1. The van der Waals surface area contributed by atoms with Crippen molar-refractivity contribution in [1.82, 2.24) is 0 Å². The molecular weight excluding hydrogens is 260 g/mol. The van der Waals surface area contributed by atoms with Gasteiger partial charge in [-0.1, -0.05) is 13.0 Å². The van der Waals surface area contributed by atoms with Crippen LogP contribution in [0.3, 0.4) is 0 Å². The molecule has 0 amide bonds. The molecule has 0 aliphatic heterocycles. The molecule has 0 heterocycles. The number of rotatable bonds is 1. The van der Waals surface area contributed by atoms with Crippen LogP contribution in [-0.4, -0.2) is 18.3 Å². The molecule has 1 aromatic carbocycles. The Morgan fingerprint density at radius 1 is 1.19 bits per heavy atom. The zero-order chi connectivity index (χ0) is 14.6. The molecule has 1 N–H and O–H groups in total. The second kappa shape index (κ2) is 4.74. The third-order valence-electron chi connectivity index (χ3n) is 6.88. The van der Waals surface area contributed by atoms with Crippen LogP contribution in [0.5, 0.6) is 5.75 Å². The average Bonchev–Trinajstić information content (AvgIpc) is 2.82. The highest BCUT2D eigenvalue weighted by Crippen LogP contribution is 2.60. The van der Waals surface area contributed by atoms with E-state index >= 15 is 0 Å². The Bertz CT molecular complexity index is 552. The molecule has 1 aromatic rings. The second-order valence-electron chi connectivity index (χ2n) is 7.62. The van der Waals surface area contributed by atoms with Gasteiger partial charge in [0.2, 0.25) is 0 Å². The Labute approximate surface area is 127 Å². The monoisotopic (exact) mass is 286 g/mol. The van der Waals surface area contributed by atoms with Crippen molar-refractivity contribution in [3.05, 3.63) is 29.3 Å². The quantitative estimate of drug-likeness (QED) is 0.848. The first kappa shape index (κ1) is 13.6. The lowest BCUT2D eigenvalue weighted by Gasteiger charge is -2.50. The summed E-state index contributed by atoms with van der Waals surface area (Å²) in [6.45, 7) is 2.34. The maximum Gasteiger partial charge on any atom is 0.119 e. The number of aliphatic hydroxyl groups excluding tert-OH is 1. The van der Waals surface area contributed by atoms with Gasteiger partial charge < -0.3 is 9.84 Å². The fourth-order valence-electron chi connectivity index (χ4n) is 5.66. The van der Waals surface area contributed by atoms with Crippen LogP contribution in [0.2, 0.25) is 0 Å². The van der Waals surface area contributed by atoms with Gasteiger partial charge in [-0.15, -0.1) is 0 Å². The number of ether oxygens (including phenoxy) is 1. The first-order valence-corrected chi connectivity index (χ1v) is 8.48. The summed E-state index contributed by atoms with van der Waals surface area (Å²) in [5, 5.41) is 10.4. The molecule has 0 aromatic heterocycles.